The number of hydrogen-bond acceptors (Lipinski definition) is 6. The van der Waals surface area contributed by atoms with Gasteiger partial charge in [0.1, 0.15) is 10.1 Å². The predicted molar refractivity (Wildman–Crippen MR) is 99.9 cm³/mol. The van der Waals surface area contributed by atoms with E-state index in [0.717, 1.165) is 29.5 Å². The van der Waals surface area contributed by atoms with Crippen molar-refractivity contribution in [2.24, 2.45) is 0 Å². The molecule has 0 aliphatic carbocycles. The first-order chi connectivity index (χ1) is 12.6. The Balaban J connectivity index is 0. The van der Waals surface area contributed by atoms with Crippen molar-refractivity contribution in [1.29, 1.82) is 0 Å². The molecule has 0 N–H and O–H groups in total. The van der Waals surface area contributed by atoms with E-state index in [4.69, 9.17) is 0 Å². The van der Waals surface area contributed by atoms with E-state index < -0.39 is 29.1 Å². The number of rotatable bonds is 9. The monoisotopic (exact) mass is 526 g/mol. The van der Waals surface area contributed by atoms with Crippen molar-refractivity contribution in [3.05, 3.63) is 59.7 Å². The first-order valence-corrected chi connectivity index (χ1v) is 11.8. The third kappa shape index (κ3) is 12.4. The smallest absolute Gasteiger partial charge is 0.810 e. The molecule has 0 heterocycles. The van der Waals surface area contributed by atoms with Crippen LogP contribution in [0.4, 0.5) is 0 Å². The van der Waals surface area contributed by atoms with Gasteiger partial charge in [-0.3, -0.25) is 0 Å². The molecule has 0 saturated carbocycles. The van der Waals surface area contributed by atoms with E-state index in [1.807, 2.05) is 24.3 Å². The summed E-state index contributed by atoms with van der Waals surface area (Å²) in [4.78, 5) is 19.6. The Morgan fingerprint density at radius 2 is 1.23 bits per heavy atom. The van der Waals surface area contributed by atoms with Crippen molar-refractivity contribution in [2.45, 2.75) is 44.0 Å². The Bertz CT molecular complexity index is 899. The van der Waals surface area contributed by atoms with E-state index in [-0.39, 0.29) is 161 Å². The summed E-state index contributed by atoms with van der Waals surface area (Å²) >= 11 is 0. The molecule has 0 aliphatic heterocycles. The fourth-order valence-corrected chi connectivity index (χ4v) is 5.18. The molecule has 0 spiro atoms. The summed E-state index contributed by atoms with van der Waals surface area (Å²) in [7, 11) is -10.6. The van der Waals surface area contributed by atoms with Crippen LogP contribution in [0.3, 0.4) is 0 Å². The maximum absolute atomic E-state index is 11.0. The molecule has 0 fully saturated rings. The Morgan fingerprint density at radius 3 is 1.57 bits per heavy atom. The Kier molecular flexibility index (Phi) is 20.1. The first kappa shape index (κ1) is 35.6. The van der Waals surface area contributed by atoms with Gasteiger partial charge in [-0.25, -0.2) is 8.42 Å². The van der Waals surface area contributed by atoms with Gasteiger partial charge in [-0.15, -0.1) is 0 Å². The van der Waals surface area contributed by atoms with Crippen molar-refractivity contribution < 1.29 is 181 Å². The summed E-state index contributed by atoms with van der Waals surface area (Å²) in [5.41, 5.74) is 4.27. The van der Waals surface area contributed by atoms with Gasteiger partial charge < -0.3 is 18.9 Å². The molecule has 2 rings (SSSR count). The second-order valence-electron chi connectivity index (χ2n) is 6.52. The zero-order valence-corrected chi connectivity index (χ0v) is 29.1. The fraction of sp³-hybridized carbons (Fsp3) is 0.368. The predicted octanol–water partition coefficient (Wildman–Crippen LogP) is -6.57. The third-order valence-corrected chi connectivity index (χ3v) is 7.80. The Labute approximate surface area is 306 Å². The van der Waals surface area contributed by atoms with Crippen molar-refractivity contribution in [3.63, 3.8) is 0 Å². The summed E-state index contributed by atoms with van der Waals surface area (Å²) in [5, 5.41) is 0. The van der Waals surface area contributed by atoms with Crippen molar-refractivity contribution >= 4 is 17.7 Å². The molecule has 30 heavy (non-hydrogen) atoms. The summed E-state index contributed by atoms with van der Waals surface area (Å²) in [5.74, 6) is 0. The maximum atomic E-state index is 11.0. The minimum absolute atomic E-state index is 0. The summed E-state index contributed by atoms with van der Waals surface area (Å²) in [6, 6.07) is 15.9. The minimum atomic E-state index is -5.48. The summed E-state index contributed by atoms with van der Waals surface area (Å²) < 4.78 is 43.9. The second-order valence-corrected chi connectivity index (χ2v) is 10.1. The molecule has 0 aliphatic rings. The van der Waals surface area contributed by atoms with E-state index in [0.29, 0.717) is 6.42 Å². The average Bonchev–Trinajstić information content (AvgIpc) is 2.58. The van der Waals surface area contributed by atoms with Gasteiger partial charge in [-0.1, -0.05) is 69.5 Å². The van der Waals surface area contributed by atoms with Crippen LogP contribution in [0.2, 0.25) is 0 Å². The van der Waals surface area contributed by atoms with Gasteiger partial charge in [0.2, 0.25) is 0 Å². The van der Waals surface area contributed by atoms with Gasteiger partial charge in [0.15, 0.2) is 0 Å². The summed E-state index contributed by atoms with van der Waals surface area (Å²) in [6.07, 6.45) is 2.14. The SMILES string of the molecule is CCCc1ccc(-c2ccc(CCCC(P(=O)([O-])[O-])S(=O)(=O)[O-])cc2)cc1.[K+].[K+].[K+]. The van der Waals surface area contributed by atoms with Crippen molar-refractivity contribution in [2.75, 3.05) is 0 Å². The number of aryl methyl sites for hydroxylation is 2. The standard InChI is InChI=1S/C19H25O6PS.3K/c1-2-4-15-7-11-17(12-8-15)18-13-9-16(10-14-18)5-3-6-19(26(20,21)22)27(23,24)25;;;/h7-14,19H,2-6H2,1H3,(H2,20,21,22)(H,23,24,25);;;/q;3*+1/p-3. The average molecular weight is 527 g/mol. The fourth-order valence-electron chi connectivity index (χ4n) is 2.96. The zero-order valence-electron chi connectivity index (χ0n) is 18.0. The van der Waals surface area contributed by atoms with Gasteiger partial charge in [0.05, 0.1) is 4.99 Å². The quantitative estimate of drug-likeness (QED) is 0.182. The minimum Gasteiger partial charge on any atom is -0.810 e. The van der Waals surface area contributed by atoms with Gasteiger partial charge in [0, 0.05) is 0 Å². The molecule has 0 bridgehead atoms. The van der Waals surface area contributed by atoms with Crippen LogP contribution in [-0.4, -0.2) is 18.0 Å². The van der Waals surface area contributed by atoms with Gasteiger partial charge in [0.25, 0.3) is 0 Å². The Hall–Kier alpha value is 3.41. The molecule has 0 aromatic heterocycles. The van der Waals surface area contributed by atoms with Crippen molar-refractivity contribution in [3.8, 4) is 11.1 Å². The molecule has 1 atom stereocenters. The van der Waals surface area contributed by atoms with E-state index in [1.54, 1.807) is 0 Å². The largest absolute Gasteiger partial charge is 1.00 e. The van der Waals surface area contributed by atoms with Crippen LogP contribution < -0.4 is 164 Å². The normalized spacial score (nSPS) is 12.1. The van der Waals surface area contributed by atoms with Crippen LogP contribution in [0, 0.1) is 0 Å². The molecule has 0 saturated heterocycles. The molecule has 0 amide bonds. The zero-order chi connectivity index (χ0) is 20.1. The van der Waals surface area contributed by atoms with E-state index >= 15 is 0 Å². The van der Waals surface area contributed by atoms with E-state index in [2.05, 4.69) is 31.2 Å². The van der Waals surface area contributed by atoms with E-state index in [9.17, 15) is 27.3 Å². The molecule has 11 heteroatoms. The van der Waals surface area contributed by atoms with Gasteiger partial charge in [-0.05, 0) is 47.9 Å². The topological polar surface area (TPSA) is 120 Å². The molecule has 1 unspecified atom stereocenters. The molecule has 6 nitrogen and oxygen atoms in total. The molecule has 0 radical (unpaired) electrons. The first-order valence-electron chi connectivity index (χ1n) is 8.76. The van der Waals surface area contributed by atoms with Crippen molar-refractivity contribution in [1.82, 2.24) is 0 Å². The summed E-state index contributed by atoms with van der Waals surface area (Å²) in [6.45, 7) is 2.13. The van der Waals surface area contributed by atoms with Gasteiger partial charge >= 0.3 is 154 Å². The van der Waals surface area contributed by atoms with Crippen LogP contribution in [0.5, 0.6) is 0 Å². The van der Waals surface area contributed by atoms with Crippen LogP contribution in [0.1, 0.15) is 37.3 Å². The molecule has 2 aromatic carbocycles. The van der Waals surface area contributed by atoms with Gasteiger partial charge in [-0.2, -0.15) is 0 Å². The van der Waals surface area contributed by atoms with Crippen LogP contribution in [0.15, 0.2) is 48.5 Å². The Morgan fingerprint density at radius 1 is 0.833 bits per heavy atom. The second kappa shape index (κ2) is 17.0. The van der Waals surface area contributed by atoms with E-state index in [1.165, 1.54) is 5.56 Å². The van der Waals surface area contributed by atoms with Crippen LogP contribution >= 0.6 is 7.60 Å². The molecule has 2 aromatic rings. The molecular formula is C19H22K3O6PS. The third-order valence-electron chi connectivity index (χ3n) is 4.38. The number of benzene rings is 2. The van der Waals surface area contributed by atoms with Crippen LogP contribution in [0.25, 0.3) is 11.1 Å². The van der Waals surface area contributed by atoms with Crippen LogP contribution in [-0.2, 0) is 27.5 Å². The maximum Gasteiger partial charge on any atom is 1.00 e. The molecule has 148 valence electrons. The number of hydrogen-bond donors (Lipinski definition) is 0. The molecular weight excluding hydrogens is 505 g/mol.